The van der Waals surface area contributed by atoms with E-state index in [0.29, 0.717) is 0 Å². The number of ether oxygens (including phenoxy) is 4. The van der Waals surface area contributed by atoms with Crippen LogP contribution in [0.2, 0.25) is 0 Å². The lowest BCUT2D eigenvalue weighted by molar-refractivity contribution is 0.409. The van der Waals surface area contributed by atoms with Crippen LogP contribution in [-0.2, 0) is 0 Å². The summed E-state index contributed by atoms with van der Waals surface area (Å²) in [6, 6.07) is 36.8. The number of nitrogens with zero attached hydrogens (tertiary/aromatic N) is 2. The zero-order chi connectivity index (χ0) is 30.8. The van der Waals surface area contributed by atoms with Gasteiger partial charge in [0.05, 0.1) is 42.5 Å². The molecule has 0 bridgehead atoms. The van der Waals surface area contributed by atoms with Gasteiger partial charge in [-0.2, -0.15) is 0 Å². The third-order valence-corrected chi connectivity index (χ3v) is 7.74. The summed E-state index contributed by atoms with van der Waals surface area (Å²) < 4.78 is 24.0. The van der Waals surface area contributed by atoms with E-state index in [2.05, 4.69) is 67.8 Å². The van der Waals surface area contributed by atoms with Gasteiger partial charge >= 0.3 is 0 Å². The van der Waals surface area contributed by atoms with Gasteiger partial charge < -0.3 is 28.7 Å². The molecular formula is C38H38N2O4. The summed E-state index contributed by atoms with van der Waals surface area (Å²) in [5.74, 6) is 4.52. The Labute approximate surface area is 260 Å². The van der Waals surface area contributed by atoms with Crippen LogP contribution in [-0.4, -0.2) is 26.3 Å². The number of hydrogen-bond acceptors (Lipinski definition) is 6. The Kier molecular flexibility index (Phi) is 8.07. The number of anilines is 4. The van der Waals surface area contributed by atoms with E-state index in [4.69, 9.17) is 18.9 Å². The molecule has 5 aromatic carbocycles. The van der Waals surface area contributed by atoms with Crippen molar-refractivity contribution in [1.29, 1.82) is 0 Å². The van der Waals surface area contributed by atoms with Gasteiger partial charge in [0, 0.05) is 24.2 Å². The SMILES string of the molecule is COc1cccc(Oc2ccc3c(c2)N(C(C)C)c2ccc(-c4c(OC)cccc4Oc4ccccc4)cc2N3C(C)C)c1. The molecule has 0 radical (unpaired) electrons. The maximum absolute atomic E-state index is 6.39. The van der Waals surface area contributed by atoms with Crippen molar-refractivity contribution in [3.63, 3.8) is 0 Å². The van der Waals surface area contributed by atoms with E-state index in [-0.39, 0.29) is 12.1 Å². The molecule has 6 nitrogen and oxygen atoms in total. The van der Waals surface area contributed by atoms with Crippen LogP contribution in [0.5, 0.6) is 34.5 Å². The molecular weight excluding hydrogens is 548 g/mol. The summed E-state index contributed by atoms with van der Waals surface area (Å²) in [4.78, 5) is 4.78. The highest BCUT2D eigenvalue weighted by molar-refractivity contribution is 5.96. The van der Waals surface area contributed by atoms with Gasteiger partial charge in [0.25, 0.3) is 0 Å². The molecule has 0 saturated heterocycles. The normalized spacial score (nSPS) is 12.2. The van der Waals surface area contributed by atoms with Crippen LogP contribution in [0.15, 0.2) is 109 Å². The molecule has 1 heterocycles. The van der Waals surface area contributed by atoms with Crippen LogP contribution < -0.4 is 28.7 Å². The Morgan fingerprint density at radius 3 is 1.73 bits per heavy atom. The number of benzene rings is 5. The summed E-state index contributed by atoms with van der Waals surface area (Å²) in [6.45, 7) is 8.88. The predicted octanol–water partition coefficient (Wildman–Crippen LogP) is 10.4. The van der Waals surface area contributed by atoms with Gasteiger partial charge in [-0.3, -0.25) is 0 Å². The predicted molar refractivity (Wildman–Crippen MR) is 179 cm³/mol. The number of rotatable bonds is 9. The largest absolute Gasteiger partial charge is 0.497 e. The van der Waals surface area contributed by atoms with Gasteiger partial charge in [-0.15, -0.1) is 0 Å². The molecule has 1 aliphatic rings. The molecule has 0 N–H and O–H groups in total. The van der Waals surface area contributed by atoms with Crippen molar-refractivity contribution in [3.05, 3.63) is 109 Å². The van der Waals surface area contributed by atoms with Crippen LogP contribution >= 0.6 is 0 Å². The molecule has 224 valence electrons. The summed E-state index contributed by atoms with van der Waals surface area (Å²) in [5.41, 5.74) is 6.40. The highest BCUT2D eigenvalue weighted by Gasteiger charge is 2.32. The Balaban J connectivity index is 1.45. The van der Waals surface area contributed by atoms with Crippen molar-refractivity contribution in [2.75, 3.05) is 24.0 Å². The van der Waals surface area contributed by atoms with Crippen LogP contribution in [0.1, 0.15) is 27.7 Å². The van der Waals surface area contributed by atoms with Crippen molar-refractivity contribution in [2.45, 2.75) is 39.8 Å². The van der Waals surface area contributed by atoms with E-state index >= 15 is 0 Å². The first-order chi connectivity index (χ1) is 21.4. The lowest BCUT2D eigenvalue weighted by Crippen LogP contribution is -2.36. The van der Waals surface area contributed by atoms with Crippen molar-refractivity contribution < 1.29 is 18.9 Å². The summed E-state index contributed by atoms with van der Waals surface area (Å²) in [6.07, 6.45) is 0. The number of fused-ring (bicyclic) bond motifs is 2. The maximum Gasteiger partial charge on any atom is 0.138 e. The standard InChI is InChI=1S/C38H38N2O4/c1-25(2)39-33-21-19-31(43-30-15-10-14-29(23-30)41-5)24-35(33)40(26(3)4)32-20-18-27(22-34(32)39)38-36(42-6)16-11-17-37(38)44-28-12-8-7-9-13-28/h7-26H,1-6H3. The topological polar surface area (TPSA) is 43.4 Å². The molecule has 0 aliphatic carbocycles. The quantitative estimate of drug-likeness (QED) is 0.171. The Morgan fingerprint density at radius 1 is 0.455 bits per heavy atom. The van der Waals surface area contributed by atoms with Crippen LogP contribution in [0, 0.1) is 0 Å². The van der Waals surface area contributed by atoms with E-state index in [0.717, 1.165) is 68.4 Å². The number of hydrogen-bond donors (Lipinski definition) is 0. The molecule has 0 atom stereocenters. The van der Waals surface area contributed by atoms with Gasteiger partial charge in [0.1, 0.15) is 34.5 Å². The highest BCUT2D eigenvalue weighted by atomic mass is 16.5. The second-order valence-electron chi connectivity index (χ2n) is 11.3. The van der Waals surface area contributed by atoms with Gasteiger partial charge in [0.15, 0.2) is 0 Å². The molecule has 0 unspecified atom stereocenters. The van der Waals surface area contributed by atoms with Crippen molar-refractivity contribution >= 4 is 22.7 Å². The first-order valence-corrected chi connectivity index (χ1v) is 15.0. The maximum atomic E-state index is 6.39. The van der Waals surface area contributed by atoms with Gasteiger partial charge in [0.2, 0.25) is 0 Å². The molecule has 5 aromatic rings. The van der Waals surface area contributed by atoms with Crippen molar-refractivity contribution in [2.24, 2.45) is 0 Å². The first-order valence-electron chi connectivity index (χ1n) is 15.0. The smallest absolute Gasteiger partial charge is 0.138 e. The third kappa shape index (κ3) is 5.51. The van der Waals surface area contributed by atoms with Gasteiger partial charge in [-0.05, 0) is 93.9 Å². The van der Waals surface area contributed by atoms with Gasteiger partial charge in [-0.25, -0.2) is 0 Å². The van der Waals surface area contributed by atoms with Crippen molar-refractivity contribution in [3.8, 4) is 45.6 Å². The lowest BCUT2D eigenvalue weighted by atomic mass is 9.97. The van der Waals surface area contributed by atoms with E-state index in [9.17, 15) is 0 Å². The minimum atomic E-state index is 0.194. The summed E-state index contributed by atoms with van der Waals surface area (Å²) >= 11 is 0. The summed E-state index contributed by atoms with van der Waals surface area (Å²) in [7, 11) is 3.36. The summed E-state index contributed by atoms with van der Waals surface area (Å²) in [5, 5.41) is 0. The van der Waals surface area contributed by atoms with Crippen LogP contribution in [0.3, 0.4) is 0 Å². The zero-order valence-electron chi connectivity index (χ0n) is 26.1. The molecule has 0 saturated carbocycles. The molecule has 44 heavy (non-hydrogen) atoms. The fourth-order valence-electron chi connectivity index (χ4n) is 5.88. The monoisotopic (exact) mass is 586 g/mol. The lowest BCUT2D eigenvalue weighted by Gasteiger charge is -2.44. The van der Waals surface area contributed by atoms with E-state index in [1.807, 2.05) is 78.9 Å². The van der Waals surface area contributed by atoms with E-state index in [1.165, 1.54) is 0 Å². The fourth-order valence-corrected chi connectivity index (χ4v) is 5.88. The molecule has 6 rings (SSSR count). The highest BCUT2D eigenvalue weighted by Crippen LogP contribution is 2.53. The number of para-hydroxylation sites is 1. The van der Waals surface area contributed by atoms with Crippen LogP contribution in [0.4, 0.5) is 22.7 Å². The Morgan fingerprint density at radius 2 is 1.05 bits per heavy atom. The third-order valence-electron chi connectivity index (χ3n) is 7.74. The minimum absolute atomic E-state index is 0.194. The average molecular weight is 587 g/mol. The Hall–Kier alpha value is -5.10. The van der Waals surface area contributed by atoms with E-state index in [1.54, 1.807) is 14.2 Å². The number of methoxy groups -OCH3 is 2. The van der Waals surface area contributed by atoms with Gasteiger partial charge in [-0.1, -0.05) is 36.4 Å². The minimum Gasteiger partial charge on any atom is -0.497 e. The Bertz CT molecular complexity index is 1770. The fraction of sp³-hybridized carbons (Fsp3) is 0.211. The zero-order valence-corrected chi connectivity index (χ0v) is 26.1. The molecule has 0 fully saturated rings. The molecule has 0 aromatic heterocycles. The van der Waals surface area contributed by atoms with Crippen LogP contribution in [0.25, 0.3) is 11.1 Å². The average Bonchev–Trinajstić information content (AvgIpc) is 3.03. The van der Waals surface area contributed by atoms with Crippen molar-refractivity contribution in [1.82, 2.24) is 0 Å². The first kappa shape index (κ1) is 29.0. The van der Waals surface area contributed by atoms with E-state index < -0.39 is 0 Å². The molecule has 0 spiro atoms. The molecule has 0 amide bonds. The molecule has 1 aliphatic heterocycles. The second-order valence-corrected chi connectivity index (χ2v) is 11.3. The second kappa shape index (κ2) is 12.3. The molecule has 6 heteroatoms.